The molecule has 0 radical (unpaired) electrons. The Balaban J connectivity index is 1.91. The Labute approximate surface area is 94.4 Å². The van der Waals surface area contributed by atoms with Crippen LogP contribution in [0.15, 0.2) is 12.4 Å². The van der Waals surface area contributed by atoms with Crippen molar-refractivity contribution in [3.8, 4) is 0 Å². The highest BCUT2D eigenvalue weighted by molar-refractivity contribution is 5.92. The molecule has 1 aliphatic heterocycles. The van der Waals surface area contributed by atoms with E-state index in [1.165, 1.54) is 0 Å². The molecule has 0 bridgehead atoms. The molecule has 88 valence electrons. The van der Waals surface area contributed by atoms with Crippen molar-refractivity contribution in [1.29, 1.82) is 0 Å². The molecule has 2 heterocycles. The first-order valence-corrected chi connectivity index (χ1v) is 5.39. The normalized spacial score (nSPS) is 18.9. The quantitative estimate of drug-likeness (QED) is 0.720. The van der Waals surface area contributed by atoms with Gasteiger partial charge in [0.05, 0.1) is 13.2 Å². The highest BCUT2D eigenvalue weighted by Crippen LogP contribution is 2.24. The highest BCUT2D eigenvalue weighted by atomic mass is 16.7. The summed E-state index contributed by atoms with van der Waals surface area (Å²) in [4.78, 5) is 15.8. The van der Waals surface area contributed by atoms with Crippen LogP contribution in [0.5, 0.6) is 0 Å². The van der Waals surface area contributed by atoms with Crippen LogP contribution in [0, 0.1) is 0 Å². The van der Waals surface area contributed by atoms with Gasteiger partial charge in [-0.15, -0.1) is 0 Å². The molecule has 16 heavy (non-hydrogen) atoms. The van der Waals surface area contributed by atoms with Crippen LogP contribution in [0.1, 0.15) is 30.4 Å². The first kappa shape index (κ1) is 11.3. The second kappa shape index (κ2) is 4.35. The molecule has 0 unspecified atom stereocenters. The lowest BCUT2D eigenvalue weighted by atomic mass is 10.1. The Morgan fingerprint density at radius 3 is 2.81 bits per heavy atom. The monoisotopic (exact) mass is 224 g/mol. The number of hydrogen-bond donors (Lipinski definition) is 0. The molecule has 1 saturated heterocycles. The number of ether oxygens (including phenoxy) is 2. The fourth-order valence-corrected chi connectivity index (χ4v) is 1.79. The minimum absolute atomic E-state index is 0.0211. The van der Waals surface area contributed by atoms with E-state index in [4.69, 9.17) is 9.47 Å². The zero-order valence-corrected chi connectivity index (χ0v) is 9.60. The summed E-state index contributed by atoms with van der Waals surface area (Å²) in [6.45, 7) is 3.08. The van der Waals surface area contributed by atoms with Crippen molar-refractivity contribution < 1.29 is 14.3 Å². The maximum absolute atomic E-state index is 11.8. The van der Waals surface area contributed by atoms with Gasteiger partial charge in [0.2, 0.25) is 0 Å². The van der Waals surface area contributed by atoms with E-state index in [0.29, 0.717) is 31.9 Å². The van der Waals surface area contributed by atoms with Gasteiger partial charge in [0.25, 0.3) is 0 Å². The molecule has 0 aliphatic carbocycles. The number of hydrogen-bond acceptors (Lipinski definition) is 4. The molecule has 1 aliphatic rings. The lowest BCUT2D eigenvalue weighted by molar-refractivity contribution is -0.145. The van der Waals surface area contributed by atoms with E-state index >= 15 is 0 Å². The van der Waals surface area contributed by atoms with Crippen molar-refractivity contribution in [3.63, 3.8) is 0 Å². The molecule has 1 aromatic rings. The van der Waals surface area contributed by atoms with Gasteiger partial charge >= 0.3 is 0 Å². The van der Waals surface area contributed by atoms with Crippen molar-refractivity contribution in [2.75, 3.05) is 13.2 Å². The van der Waals surface area contributed by atoms with Gasteiger partial charge in [0.1, 0.15) is 0 Å². The summed E-state index contributed by atoms with van der Waals surface area (Å²) in [6.07, 6.45) is 4.34. The average Bonchev–Trinajstić information content (AvgIpc) is 2.85. The summed E-state index contributed by atoms with van der Waals surface area (Å²) >= 11 is 0. The highest BCUT2D eigenvalue weighted by Gasteiger charge is 2.31. The number of ketones is 1. The van der Waals surface area contributed by atoms with Gasteiger partial charge in [-0.3, -0.25) is 4.79 Å². The van der Waals surface area contributed by atoms with Crippen LogP contribution in [-0.4, -0.2) is 34.3 Å². The summed E-state index contributed by atoms with van der Waals surface area (Å²) in [5, 5.41) is 0. The third-order valence-electron chi connectivity index (χ3n) is 2.77. The Hall–Kier alpha value is -1.20. The van der Waals surface area contributed by atoms with Gasteiger partial charge in [-0.25, -0.2) is 4.98 Å². The van der Waals surface area contributed by atoms with Crippen LogP contribution in [0.25, 0.3) is 0 Å². The van der Waals surface area contributed by atoms with Gasteiger partial charge in [-0.1, -0.05) is 0 Å². The first-order valence-electron chi connectivity index (χ1n) is 5.39. The molecule has 5 heteroatoms. The number of imidazole rings is 1. The maximum Gasteiger partial charge on any atom is 0.198 e. The third kappa shape index (κ3) is 2.31. The third-order valence-corrected chi connectivity index (χ3v) is 2.77. The minimum atomic E-state index is -0.596. The largest absolute Gasteiger partial charge is 0.348 e. The van der Waals surface area contributed by atoms with E-state index < -0.39 is 5.79 Å². The summed E-state index contributed by atoms with van der Waals surface area (Å²) < 4.78 is 12.6. The van der Waals surface area contributed by atoms with Crippen LogP contribution in [0.4, 0.5) is 0 Å². The van der Waals surface area contributed by atoms with Crippen molar-refractivity contribution in [2.45, 2.75) is 25.6 Å². The first-order chi connectivity index (χ1) is 7.61. The van der Waals surface area contributed by atoms with Crippen molar-refractivity contribution in [1.82, 2.24) is 9.55 Å². The molecular formula is C11H16N2O3. The molecule has 0 amide bonds. The fourth-order valence-electron chi connectivity index (χ4n) is 1.79. The molecule has 0 spiro atoms. The molecule has 1 fully saturated rings. The minimum Gasteiger partial charge on any atom is -0.348 e. The van der Waals surface area contributed by atoms with Crippen molar-refractivity contribution in [2.24, 2.45) is 7.05 Å². The molecule has 5 nitrogen and oxygen atoms in total. The average molecular weight is 224 g/mol. The van der Waals surface area contributed by atoms with E-state index in [-0.39, 0.29) is 5.78 Å². The van der Waals surface area contributed by atoms with Crippen molar-refractivity contribution >= 4 is 5.78 Å². The number of aryl methyl sites for hydroxylation is 1. The lowest BCUT2D eigenvalue weighted by Gasteiger charge is -2.21. The molecule has 0 aromatic carbocycles. The standard InChI is InChI=1S/C11H16N2O3/c1-11(15-7-8-16-11)4-3-9(14)10-12-5-6-13(10)2/h5-6H,3-4,7-8H2,1-2H3. The summed E-state index contributed by atoms with van der Waals surface area (Å²) in [7, 11) is 1.81. The predicted molar refractivity (Wildman–Crippen MR) is 57.1 cm³/mol. The molecule has 0 N–H and O–H groups in total. The Kier molecular flexibility index (Phi) is 3.07. The van der Waals surface area contributed by atoms with Crippen LogP contribution in [0.3, 0.4) is 0 Å². The molecular weight excluding hydrogens is 208 g/mol. The number of aromatic nitrogens is 2. The molecule has 1 aromatic heterocycles. The number of carbonyl (C=O) groups is 1. The van der Waals surface area contributed by atoms with Crippen LogP contribution in [0.2, 0.25) is 0 Å². The van der Waals surface area contributed by atoms with Crippen molar-refractivity contribution in [3.05, 3.63) is 18.2 Å². The predicted octanol–water partition coefficient (Wildman–Crippen LogP) is 1.15. The van der Waals surface area contributed by atoms with Gasteiger partial charge in [0, 0.05) is 32.3 Å². The number of Topliss-reactive ketones (excluding diaryl/α,β-unsaturated/α-hetero) is 1. The van der Waals surface area contributed by atoms with E-state index in [1.54, 1.807) is 17.0 Å². The zero-order chi connectivity index (χ0) is 11.6. The van der Waals surface area contributed by atoms with Crippen LogP contribution < -0.4 is 0 Å². The molecule has 2 rings (SSSR count). The second-order valence-corrected chi connectivity index (χ2v) is 4.12. The van der Waals surface area contributed by atoms with Gasteiger partial charge in [-0.2, -0.15) is 0 Å². The van der Waals surface area contributed by atoms with Crippen LogP contribution >= 0.6 is 0 Å². The molecule has 0 saturated carbocycles. The van der Waals surface area contributed by atoms with Gasteiger partial charge in [-0.05, 0) is 6.92 Å². The van der Waals surface area contributed by atoms with E-state index in [0.717, 1.165) is 0 Å². The van der Waals surface area contributed by atoms with Crippen LogP contribution in [-0.2, 0) is 16.5 Å². The lowest BCUT2D eigenvalue weighted by Crippen LogP contribution is -2.26. The number of carbonyl (C=O) groups excluding carboxylic acids is 1. The Morgan fingerprint density at radius 2 is 2.25 bits per heavy atom. The smallest absolute Gasteiger partial charge is 0.198 e. The van der Waals surface area contributed by atoms with E-state index in [1.807, 2.05) is 14.0 Å². The van der Waals surface area contributed by atoms with Gasteiger partial charge < -0.3 is 14.0 Å². The van der Waals surface area contributed by atoms with E-state index in [9.17, 15) is 4.79 Å². The Bertz CT molecular complexity index is 380. The maximum atomic E-state index is 11.8. The second-order valence-electron chi connectivity index (χ2n) is 4.12. The number of rotatable bonds is 4. The zero-order valence-electron chi connectivity index (χ0n) is 9.60. The van der Waals surface area contributed by atoms with E-state index in [2.05, 4.69) is 4.98 Å². The number of nitrogens with zero attached hydrogens (tertiary/aromatic N) is 2. The summed E-state index contributed by atoms with van der Waals surface area (Å²) in [5.41, 5.74) is 0. The molecule has 0 atom stereocenters. The van der Waals surface area contributed by atoms with Gasteiger partial charge in [0.15, 0.2) is 17.4 Å². The SMILES string of the molecule is Cn1ccnc1C(=O)CCC1(C)OCCO1. The fraction of sp³-hybridized carbons (Fsp3) is 0.636. The Morgan fingerprint density at radius 1 is 1.56 bits per heavy atom. The summed E-state index contributed by atoms with van der Waals surface area (Å²) in [6, 6.07) is 0. The topological polar surface area (TPSA) is 53.4 Å². The summed E-state index contributed by atoms with van der Waals surface area (Å²) in [5.74, 6) is -0.0877.